The van der Waals surface area contributed by atoms with Crippen LogP contribution in [0.2, 0.25) is 0 Å². The van der Waals surface area contributed by atoms with Gasteiger partial charge in [-0.25, -0.2) is 8.78 Å². The van der Waals surface area contributed by atoms with Crippen LogP contribution in [0.25, 0.3) is 16.9 Å². The predicted octanol–water partition coefficient (Wildman–Crippen LogP) is 7.65. The summed E-state index contributed by atoms with van der Waals surface area (Å²) in [6, 6.07) is 13.2. The van der Waals surface area contributed by atoms with E-state index in [1.165, 1.54) is 22.8 Å². The molecule has 1 aliphatic rings. The van der Waals surface area contributed by atoms with Crippen LogP contribution in [0.15, 0.2) is 66.9 Å². The highest BCUT2D eigenvalue weighted by Crippen LogP contribution is 2.42. The number of aromatic hydroxyl groups is 1. The van der Waals surface area contributed by atoms with E-state index < -0.39 is 29.3 Å². The molecule has 2 N–H and O–H groups in total. The Morgan fingerprint density at radius 2 is 1.61 bits per heavy atom. The lowest BCUT2D eigenvalue weighted by molar-refractivity contribution is -0.274. The number of ether oxygens (including phenoxy) is 1. The fraction of sp³-hybridized carbons (Fsp3) is 0.250. The van der Waals surface area contributed by atoms with Crippen molar-refractivity contribution in [1.82, 2.24) is 9.55 Å². The summed E-state index contributed by atoms with van der Waals surface area (Å²) in [5.41, 5.74) is 2.00. The molecular formula is C28H24F5N3O2. The largest absolute Gasteiger partial charge is 0.573 e. The van der Waals surface area contributed by atoms with Gasteiger partial charge in [0.15, 0.2) is 0 Å². The zero-order chi connectivity index (χ0) is 27.2. The van der Waals surface area contributed by atoms with Crippen molar-refractivity contribution in [2.75, 3.05) is 5.32 Å². The van der Waals surface area contributed by atoms with Crippen molar-refractivity contribution in [1.29, 1.82) is 0 Å². The number of alkyl halides is 3. The molecule has 2 aromatic carbocycles. The van der Waals surface area contributed by atoms with Gasteiger partial charge in [0.25, 0.3) is 0 Å². The Bertz CT molecular complexity index is 1440. The van der Waals surface area contributed by atoms with Crippen molar-refractivity contribution in [2.45, 2.75) is 44.5 Å². The highest BCUT2D eigenvalue weighted by Gasteiger charge is 2.31. The number of benzene rings is 2. The zero-order valence-corrected chi connectivity index (χ0v) is 20.5. The molecule has 0 unspecified atom stereocenters. The summed E-state index contributed by atoms with van der Waals surface area (Å²) in [5.74, 6) is -1.89. The summed E-state index contributed by atoms with van der Waals surface area (Å²) in [6.07, 6.45) is -0.836. The first-order valence-corrected chi connectivity index (χ1v) is 11.9. The van der Waals surface area contributed by atoms with E-state index in [-0.39, 0.29) is 28.5 Å². The fourth-order valence-electron chi connectivity index (χ4n) is 4.37. The summed E-state index contributed by atoms with van der Waals surface area (Å²) < 4.78 is 71.2. The first-order chi connectivity index (χ1) is 17.9. The number of aromatic nitrogens is 2. The molecule has 0 amide bonds. The molecule has 0 bridgehead atoms. The van der Waals surface area contributed by atoms with Crippen molar-refractivity contribution in [2.24, 2.45) is 0 Å². The minimum Gasteiger partial charge on any atom is -0.493 e. The first kappa shape index (κ1) is 25.6. The lowest BCUT2D eigenvalue weighted by Gasteiger charge is -2.27. The van der Waals surface area contributed by atoms with Gasteiger partial charge in [-0.1, -0.05) is 6.07 Å². The molecular weight excluding hydrogens is 505 g/mol. The Labute approximate surface area is 215 Å². The van der Waals surface area contributed by atoms with Crippen molar-refractivity contribution in [3.05, 3.63) is 89.8 Å². The summed E-state index contributed by atoms with van der Waals surface area (Å²) in [6.45, 7) is 3.78. The molecule has 10 heteroatoms. The molecule has 4 aromatic rings. The standard InChI is InChI=1S/C28H24F5N3O2/c1-27(2,18-5-10-23(34-15-18)16-3-4-16)35-24-14-25(17-11-19(29)13-20(30)12-17)36(26(24)37)21-6-8-22(9-7-21)38-28(31,32)33/h5-16,35,37H,3-4H2,1-2H3. The van der Waals surface area contributed by atoms with E-state index in [2.05, 4.69) is 15.0 Å². The molecule has 1 saturated carbocycles. The molecule has 1 fully saturated rings. The van der Waals surface area contributed by atoms with Crippen LogP contribution in [0.5, 0.6) is 11.6 Å². The van der Waals surface area contributed by atoms with Crippen molar-refractivity contribution in [3.8, 4) is 28.6 Å². The summed E-state index contributed by atoms with van der Waals surface area (Å²) in [5, 5.41) is 14.5. The predicted molar refractivity (Wildman–Crippen MR) is 132 cm³/mol. The monoisotopic (exact) mass is 529 g/mol. The van der Waals surface area contributed by atoms with Gasteiger partial charge >= 0.3 is 6.36 Å². The van der Waals surface area contributed by atoms with E-state index in [4.69, 9.17) is 0 Å². The highest BCUT2D eigenvalue weighted by atomic mass is 19.4. The number of hydrogen-bond acceptors (Lipinski definition) is 4. The second kappa shape index (κ2) is 9.34. The Morgan fingerprint density at radius 1 is 0.947 bits per heavy atom. The van der Waals surface area contributed by atoms with Crippen LogP contribution >= 0.6 is 0 Å². The zero-order valence-electron chi connectivity index (χ0n) is 20.5. The second-order valence-corrected chi connectivity index (χ2v) is 9.80. The van der Waals surface area contributed by atoms with Gasteiger partial charge < -0.3 is 15.2 Å². The number of anilines is 1. The molecule has 2 heterocycles. The second-order valence-electron chi connectivity index (χ2n) is 9.80. The average molecular weight is 530 g/mol. The van der Waals surface area contributed by atoms with Gasteiger partial charge in [0.1, 0.15) is 17.4 Å². The van der Waals surface area contributed by atoms with Gasteiger partial charge in [-0.3, -0.25) is 9.55 Å². The lowest BCUT2D eigenvalue weighted by Crippen LogP contribution is -2.28. The molecule has 198 valence electrons. The maximum atomic E-state index is 14.1. The third kappa shape index (κ3) is 5.44. The molecule has 0 saturated heterocycles. The topological polar surface area (TPSA) is 59.3 Å². The van der Waals surface area contributed by atoms with Gasteiger partial charge in [-0.2, -0.15) is 0 Å². The van der Waals surface area contributed by atoms with E-state index >= 15 is 0 Å². The molecule has 0 radical (unpaired) electrons. The van der Waals surface area contributed by atoms with Crippen LogP contribution in [0.4, 0.5) is 27.6 Å². The maximum absolute atomic E-state index is 14.1. The quantitative estimate of drug-likeness (QED) is 0.242. The van der Waals surface area contributed by atoms with Crippen LogP contribution in [0.1, 0.15) is 43.9 Å². The molecule has 5 nitrogen and oxygen atoms in total. The Hall–Kier alpha value is -4.08. The maximum Gasteiger partial charge on any atom is 0.573 e. The van der Waals surface area contributed by atoms with Crippen LogP contribution in [0, 0.1) is 11.6 Å². The van der Waals surface area contributed by atoms with Crippen molar-refractivity contribution >= 4 is 5.69 Å². The number of pyridine rings is 1. The normalized spacial score (nSPS) is 14.0. The molecule has 2 aromatic heterocycles. The third-order valence-corrected chi connectivity index (χ3v) is 6.41. The SMILES string of the molecule is CC(C)(Nc1cc(-c2cc(F)cc(F)c2)n(-c2ccc(OC(F)(F)F)cc2)c1O)c1ccc(C2CC2)nc1. The fourth-order valence-corrected chi connectivity index (χ4v) is 4.37. The lowest BCUT2D eigenvalue weighted by atomic mass is 9.95. The van der Waals surface area contributed by atoms with E-state index in [1.54, 1.807) is 6.20 Å². The van der Waals surface area contributed by atoms with Gasteiger partial charge in [0, 0.05) is 35.1 Å². The molecule has 0 atom stereocenters. The van der Waals surface area contributed by atoms with Gasteiger partial charge in [-0.05, 0) is 80.8 Å². The highest BCUT2D eigenvalue weighted by molar-refractivity contribution is 5.74. The molecule has 0 aliphatic heterocycles. The van der Waals surface area contributed by atoms with Crippen LogP contribution < -0.4 is 10.1 Å². The van der Waals surface area contributed by atoms with E-state index in [9.17, 15) is 27.1 Å². The van der Waals surface area contributed by atoms with Crippen molar-refractivity contribution < 1.29 is 31.8 Å². The van der Waals surface area contributed by atoms with E-state index in [0.29, 0.717) is 5.92 Å². The summed E-state index contributed by atoms with van der Waals surface area (Å²) in [4.78, 5) is 4.56. The number of rotatable bonds is 7. The van der Waals surface area contributed by atoms with Gasteiger partial charge in [0.05, 0.1) is 16.9 Å². The Morgan fingerprint density at radius 3 is 2.16 bits per heavy atom. The summed E-state index contributed by atoms with van der Waals surface area (Å²) in [7, 11) is 0. The third-order valence-electron chi connectivity index (χ3n) is 6.41. The number of hydrogen-bond donors (Lipinski definition) is 2. The molecule has 5 rings (SSSR count). The number of nitrogens with one attached hydrogen (secondary N) is 1. The minimum absolute atomic E-state index is 0.120. The molecule has 38 heavy (non-hydrogen) atoms. The Kier molecular flexibility index (Phi) is 6.28. The number of nitrogens with zero attached hydrogens (tertiary/aromatic N) is 2. The Balaban J connectivity index is 1.55. The van der Waals surface area contributed by atoms with Crippen LogP contribution in [0.3, 0.4) is 0 Å². The van der Waals surface area contributed by atoms with E-state index in [0.717, 1.165) is 54.4 Å². The summed E-state index contributed by atoms with van der Waals surface area (Å²) >= 11 is 0. The van der Waals surface area contributed by atoms with E-state index in [1.807, 2.05) is 26.0 Å². The smallest absolute Gasteiger partial charge is 0.493 e. The molecule has 1 aliphatic carbocycles. The van der Waals surface area contributed by atoms with Gasteiger partial charge in [-0.15, -0.1) is 13.2 Å². The van der Waals surface area contributed by atoms with Crippen LogP contribution in [-0.2, 0) is 5.54 Å². The van der Waals surface area contributed by atoms with Gasteiger partial charge in [0.2, 0.25) is 5.88 Å². The molecule has 0 spiro atoms. The minimum atomic E-state index is -4.87. The first-order valence-electron chi connectivity index (χ1n) is 11.9. The average Bonchev–Trinajstić information content (AvgIpc) is 3.63. The number of halogens is 5. The van der Waals surface area contributed by atoms with Crippen LogP contribution in [-0.4, -0.2) is 21.0 Å². The van der Waals surface area contributed by atoms with Crippen molar-refractivity contribution in [3.63, 3.8) is 0 Å².